The van der Waals surface area contributed by atoms with Crippen LogP contribution < -0.4 is 16.0 Å². The van der Waals surface area contributed by atoms with E-state index in [-0.39, 0.29) is 0 Å². The summed E-state index contributed by atoms with van der Waals surface area (Å²) >= 11 is 1.49. The van der Waals surface area contributed by atoms with Gasteiger partial charge in [-0.15, -0.1) is 0 Å². The number of aromatic amines is 1. The van der Waals surface area contributed by atoms with E-state index in [2.05, 4.69) is 56.2 Å². The van der Waals surface area contributed by atoms with Crippen LogP contribution in [0.25, 0.3) is 0 Å². The molecule has 0 aliphatic carbocycles. The van der Waals surface area contributed by atoms with E-state index in [1.54, 1.807) is 0 Å². The number of anilines is 4. The molecule has 0 amide bonds. The van der Waals surface area contributed by atoms with E-state index in [9.17, 15) is 0 Å². The van der Waals surface area contributed by atoms with Crippen LogP contribution in [-0.2, 0) is 0 Å². The summed E-state index contributed by atoms with van der Waals surface area (Å²) < 4.78 is 0. The molecule has 1 aliphatic heterocycles. The standard InChI is InChI=1S/C20H27N9S/c1-13(2)16-12-17(27-26-16)22-18-23-19(29-10-8-28(3)9-11-29)25-20(24-18)30-15-6-4-14(21)5-7-15/h4-7,12-13H,8-11,21H2,1-3H3,(H2,22,23,24,25,26,27). The molecule has 4 N–H and O–H groups in total. The molecular weight excluding hydrogens is 398 g/mol. The second kappa shape index (κ2) is 8.88. The number of benzene rings is 1. The largest absolute Gasteiger partial charge is 0.399 e. The first-order valence-corrected chi connectivity index (χ1v) is 10.8. The second-order valence-corrected chi connectivity index (χ2v) is 8.73. The van der Waals surface area contributed by atoms with Gasteiger partial charge >= 0.3 is 0 Å². The summed E-state index contributed by atoms with van der Waals surface area (Å²) in [5, 5.41) is 11.2. The molecule has 30 heavy (non-hydrogen) atoms. The summed E-state index contributed by atoms with van der Waals surface area (Å²) in [5.41, 5.74) is 7.59. The molecule has 3 aromatic rings. The van der Waals surface area contributed by atoms with Crippen LogP contribution in [0.4, 0.5) is 23.4 Å². The summed E-state index contributed by atoms with van der Waals surface area (Å²) in [6.45, 7) is 7.95. The van der Waals surface area contributed by atoms with E-state index in [1.165, 1.54) is 11.8 Å². The number of piperazine rings is 1. The van der Waals surface area contributed by atoms with Crippen molar-refractivity contribution in [3.05, 3.63) is 36.0 Å². The van der Waals surface area contributed by atoms with Crippen molar-refractivity contribution in [1.29, 1.82) is 0 Å². The van der Waals surface area contributed by atoms with E-state index in [0.717, 1.165) is 42.5 Å². The van der Waals surface area contributed by atoms with E-state index in [0.29, 0.717) is 28.8 Å². The number of rotatable bonds is 6. The number of nitrogens with one attached hydrogen (secondary N) is 2. The van der Waals surface area contributed by atoms with Crippen LogP contribution in [0, 0.1) is 0 Å². The highest BCUT2D eigenvalue weighted by molar-refractivity contribution is 7.99. The van der Waals surface area contributed by atoms with Gasteiger partial charge in [0.15, 0.2) is 11.0 Å². The van der Waals surface area contributed by atoms with Gasteiger partial charge in [-0.05, 0) is 49.0 Å². The molecule has 4 rings (SSSR count). The first-order valence-electron chi connectivity index (χ1n) is 10.0. The molecule has 9 nitrogen and oxygen atoms in total. The van der Waals surface area contributed by atoms with Crippen molar-refractivity contribution in [2.45, 2.75) is 29.8 Å². The fourth-order valence-electron chi connectivity index (χ4n) is 3.05. The number of nitrogen functional groups attached to an aromatic ring is 1. The van der Waals surface area contributed by atoms with Gasteiger partial charge < -0.3 is 20.9 Å². The summed E-state index contributed by atoms with van der Waals surface area (Å²) in [5.74, 6) is 2.22. The van der Waals surface area contributed by atoms with Crippen molar-refractivity contribution in [3.8, 4) is 0 Å². The minimum Gasteiger partial charge on any atom is -0.399 e. The lowest BCUT2D eigenvalue weighted by Crippen LogP contribution is -2.45. The van der Waals surface area contributed by atoms with Gasteiger partial charge in [-0.3, -0.25) is 5.10 Å². The van der Waals surface area contributed by atoms with E-state index < -0.39 is 0 Å². The Balaban J connectivity index is 1.61. The molecule has 10 heteroatoms. The SMILES string of the molecule is CC(C)c1cc(Nc2nc(Sc3ccc(N)cc3)nc(N3CCN(C)CC3)n2)n[nH]1. The van der Waals surface area contributed by atoms with Crippen molar-refractivity contribution >= 4 is 35.2 Å². The number of likely N-dealkylation sites (N-methyl/N-ethyl adjacent to an activating group) is 1. The molecule has 3 heterocycles. The maximum atomic E-state index is 5.81. The predicted molar refractivity (Wildman–Crippen MR) is 120 cm³/mol. The van der Waals surface area contributed by atoms with Crippen LogP contribution in [0.2, 0.25) is 0 Å². The highest BCUT2D eigenvalue weighted by Crippen LogP contribution is 2.28. The smallest absolute Gasteiger partial charge is 0.234 e. The number of aromatic nitrogens is 5. The summed E-state index contributed by atoms with van der Waals surface area (Å²) in [7, 11) is 2.13. The third-order valence-electron chi connectivity index (χ3n) is 4.94. The Morgan fingerprint density at radius 2 is 1.80 bits per heavy atom. The van der Waals surface area contributed by atoms with Crippen LogP contribution in [0.1, 0.15) is 25.5 Å². The Morgan fingerprint density at radius 3 is 2.47 bits per heavy atom. The Morgan fingerprint density at radius 1 is 1.07 bits per heavy atom. The maximum absolute atomic E-state index is 5.81. The third-order valence-corrected chi connectivity index (χ3v) is 5.81. The number of nitrogens with zero attached hydrogens (tertiary/aromatic N) is 6. The average molecular weight is 426 g/mol. The normalized spacial score (nSPS) is 15.0. The molecule has 2 aromatic heterocycles. The van der Waals surface area contributed by atoms with E-state index >= 15 is 0 Å². The van der Waals surface area contributed by atoms with E-state index in [1.807, 2.05) is 30.3 Å². The Kier molecular flexibility index (Phi) is 6.05. The summed E-state index contributed by atoms with van der Waals surface area (Å²) in [6, 6.07) is 9.67. The van der Waals surface area contributed by atoms with Gasteiger partial charge in [0.1, 0.15) is 0 Å². The van der Waals surface area contributed by atoms with Crippen molar-refractivity contribution in [3.63, 3.8) is 0 Å². The number of hydrogen-bond donors (Lipinski definition) is 3. The molecule has 1 fully saturated rings. The van der Waals surface area contributed by atoms with Crippen LogP contribution in [0.5, 0.6) is 0 Å². The molecule has 0 bridgehead atoms. The lowest BCUT2D eigenvalue weighted by atomic mass is 10.1. The molecule has 1 aliphatic rings. The minimum atomic E-state index is 0.365. The highest BCUT2D eigenvalue weighted by atomic mass is 32.2. The third kappa shape index (κ3) is 5.00. The van der Waals surface area contributed by atoms with E-state index in [4.69, 9.17) is 10.7 Å². The van der Waals surface area contributed by atoms with Gasteiger partial charge in [-0.2, -0.15) is 20.1 Å². The van der Waals surface area contributed by atoms with Crippen LogP contribution in [0.15, 0.2) is 40.4 Å². The fourth-order valence-corrected chi connectivity index (χ4v) is 3.79. The van der Waals surface area contributed by atoms with Gasteiger partial charge in [-0.25, -0.2) is 0 Å². The number of nitrogens with two attached hydrogens (primary N) is 1. The van der Waals surface area contributed by atoms with Crippen LogP contribution in [-0.4, -0.2) is 63.3 Å². The highest BCUT2D eigenvalue weighted by Gasteiger charge is 2.19. The second-order valence-electron chi connectivity index (χ2n) is 7.69. The number of H-pyrrole nitrogens is 1. The maximum Gasteiger partial charge on any atom is 0.234 e. The van der Waals surface area contributed by atoms with Crippen molar-refractivity contribution in [1.82, 2.24) is 30.0 Å². The Labute approximate surface area is 180 Å². The zero-order valence-corrected chi connectivity index (χ0v) is 18.3. The lowest BCUT2D eigenvalue weighted by Gasteiger charge is -2.32. The molecular formula is C20H27N9S. The van der Waals surface area contributed by atoms with Crippen molar-refractivity contribution < 1.29 is 0 Å². The van der Waals surface area contributed by atoms with Gasteiger partial charge in [0.05, 0.1) is 0 Å². The van der Waals surface area contributed by atoms with Crippen LogP contribution in [0.3, 0.4) is 0 Å². The molecule has 0 radical (unpaired) electrons. The zero-order chi connectivity index (χ0) is 21.1. The molecule has 1 aromatic carbocycles. The zero-order valence-electron chi connectivity index (χ0n) is 17.5. The van der Waals surface area contributed by atoms with Crippen LogP contribution >= 0.6 is 11.8 Å². The molecule has 0 atom stereocenters. The van der Waals surface area contributed by atoms with Crippen molar-refractivity contribution in [2.75, 3.05) is 49.2 Å². The predicted octanol–water partition coefficient (Wildman–Crippen LogP) is 2.95. The Hall–Kier alpha value is -2.85. The molecule has 1 saturated heterocycles. The average Bonchev–Trinajstić information content (AvgIpc) is 3.19. The van der Waals surface area contributed by atoms with Crippen molar-refractivity contribution in [2.24, 2.45) is 0 Å². The number of hydrogen-bond acceptors (Lipinski definition) is 9. The molecule has 0 saturated carbocycles. The topological polar surface area (TPSA) is 112 Å². The van der Waals surface area contributed by atoms with Gasteiger partial charge in [0, 0.05) is 48.5 Å². The van der Waals surface area contributed by atoms with Gasteiger partial charge in [0.2, 0.25) is 11.9 Å². The summed E-state index contributed by atoms with van der Waals surface area (Å²) in [4.78, 5) is 19.5. The summed E-state index contributed by atoms with van der Waals surface area (Å²) in [6.07, 6.45) is 0. The lowest BCUT2D eigenvalue weighted by molar-refractivity contribution is 0.311. The molecule has 158 valence electrons. The monoisotopic (exact) mass is 425 g/mol. The Bertz CT molecular complexity index is 978. The fraction of sp³-hybridized carbons (Fsp3) is 0.400. The molecule has 0 unspecified atom stereocenters. The van der Waals surface area contributed by atoms with Gasteiger partial charge in [0.25, 0.3) is 0 Å². The minimum absolute atomic E-state index is 0.365. The first kappa shape index (κ1) is 20.4. The first-order chi connectivity index (χ1) is 14.5. The quantitative estimate of drug-likeness (QED) is 0.513. The molecule has 0 spiro atoms. The van der Waals surface area contributed by atoms with Gasteiger partial charge in [-0.1, -0.05) is 13.8 Å².